The molecule has 4 heteroatoms. The smallest absolute Gasteiger partial charge is 0.243 e. The van der Waals surface area contributed by atoms with E-state index < -0.39 is 0 Å². The molecule has 0 aliphatic carbocycles. The maximum atomic E-state index is 11.2. The van der Waals surface area contributed by atoms with Crippen LogP contribution in [0.2, 0.25) is 0 Å². The molecular formula is C8H10N2O2. The molecule has 1 fully saturated rings. The number of amides is 2. The van der Waals surface area contributed by atoms with Gasteiger partial charge in [0.2, 0.25) is 11.8 Å². The minimum atomic E-state index is -0.302. The van der Waals surface area contributed by atoms with Crippen LogP contribution in [0.3, 0.4) is 0 Å². The highest BCUT2D eigenvalue weighted by Gasteiger charge is 2.25. The topological polar surface area (TPSA) is 49.4 Å². The molecule has 0 radical (unpaired) electrons. The normalized spacial score (nSPS) is 19.8. The van der Waals surface area contributed by atoms with E-state index in [0.29, 0.717) is 0 Å². The molecule has 1 saturated heterocycles. The van der Waals surface area contributed by atoms with Crippen LogP contribution < -0.4 is 5.32 Å². The third kappa shape index (κ3) is 1.56. The van der Waals surface area contributed by atoms with Crippen LogP contribution >= 0.6 is 0 Å². The molecule has 0 aromatic carbocycles. The summed E-state index contributed by atoms with van der Waals surface area (Å²) in [7, 11) is 0. The van der Waals surface area contributed by atoms with Crippen molar-refractivity contribution in [2.24, 2.45) is 0 Å². The molecule has 64 valence electrons. The highest BCUT2D eigenvalue weighted by molar-refractivity contribution is 5.92. The first-order valence-electron chi connectivity index (χ1n) is 3.67. The Morgan fingerprint density at radius 2 is 2.33 bits per heavy atom. The lowest BCUT2D eigenvalue weighted by atomic mass is 10.2. The van der Waals surface area contributed by atoms with Crippen LogP contribution in [0.5, 0.6) is 0 Å². The molecule has 1 rings (SSSR count). The Kier molecular flexibility index (Phi) is 2.34. The van der Waals surface area contributed by atoms with Crippen LogP contribution in [-0.4, -0.2) is 35.8 Å². The minimum Gasteiger partial charge on any atom is -0.345 e. The Balaban J connectivity index is 2.68. The van der Waals surface area contributed by atoms with E-state index in [0.717, 1.165) is 0 Å². The van der Waals surface area contributed by atoms with Gasteiger partial charge in [-0.15, -0.1) is 6.42 Å². The van der Waals surface area contributed by atoms with Crippen LogP contribution in [0.15, 0.2) is 0 Å². The van der Waals surface area contributed by atoms with E-state index in [1.165, 1.54) is 4.90 Å². The molecule has 0 spiro atoms. The van der Waals surface area contributed by atoms with E-state index in [1.54, 1.807) is 6.92 Å². The van der Waals surface area contributed by atoms with Gasteiger partial charge in [-0.25, -0.2) is 0 Å². The number of carbonyl (C=O) groups excluding carboxylic acids is 2. The lowest BCUT2D eigenvalue weighted by Crippen LogP contribution is -2.54. The molecule has 1 N–H and O–H groups in total. The average molecular weight is 166 g/mol. The van der Waals surface area contributed by atoms with Crippen molar-refractivity contribution in [1.29, 1.82) is 0 Å². The van der Waals surface area contributed by atoms with Crippen molar-refractivity contribution in [2.45, 2.75) is 13.0 Å². The molecule has 1 aliphatic heterocycles. The number of hydrogen-bond acceptors (Lipinski definition) is 2. The van der Waals surface area contributed by atoms with Crippen molar-refractivity contribution in [3.05, 3.63) is 0 Å². The van der Waals surface area contributed by atoms with Crippen LogP contribution in [0.25, 0.3) is 0 Å². The zero-order valence-corrected chi connectivity index (χ0v) is 6.83. The van der Waals surface area contributed by atoms with Crippen molar-refractivity contribution < 1.29 is 9.59 Å². The van der Waals surface area contributed by atoms with E-state index in [-0.39, 0.29) is 30.9 Å². The highest BCUT2D eigenvalue weighted by Crippen LogP contribution is 2.01. The second kappa shape index (κ2) is 3.26. The summed E-state index contributed by atoms with van der Waals surface area (Å²) in [6.45, 7) is 1.85. The zero-order chi connectivity index (χ0) is 9.14. The molecule has 1 heterocycles. The van der Waals surface area contributed by atoms with E-state index >= 15 is 0 Å². The van der Waals surface area contributed by atoms with E-state index in [4.69, 9.17) is 6.42 Å². The van der Waals surface area contributed by atoms with Gasteiger partial charge in [0, 0.05) is 0 Å². The molecule has 0 aromatic heterocycles. The number of carbonyl (C=O) groups is 2. The fraction of sp³-hybridized carbons (Fsp3) is 0.500. The second-order valence-electron chi connectivity index (χ2n) is 2.64. The van der Waals surface area contributed by atoms with Gasteiger partial charge in [-0.1, -0.05) is 5.92 Å². The van der Waals surface area contributed by atoms with Crippen LogP contribution in [0.4, 0.5) is 0 Å². The molecule has 0 saturated carbocycles. The highest BCUT2D eigenvalue weighted by atomic mass is 16.2. The average Bonchev–Trinajstić information content (AvgIpc) is 2.08. The summed E-state index contributed by atoms with van der Waals surface area (Å²) in [5, 5.41) is 2.44. The summed E-state index contributed by atoms with van der Waals surface area (Å²) in [6.07, 6.45) is 5.13. The van der Waals surface area contributed by atoms with Crippen molar-refractivity contribution >= 4 is 11.8 Å². The van der Waals surface area contributed by atoms with Gasteiger partial charge in [0.1, 0.15) is 6.54 Å². The van der Waals surface area contributed by atoms with E-state index in [2.05, 4.69) is 11.2 Å². The fourth-order valence-electron chi connectivity index (χ4n) is 1.02. The lowest BCUT2D eigenvalue weighted by molar-refractivity contribution is -0.141. The third-order valence-corrected chi connectivity index (χ3v) is 1.78. The molecule has 1 atom stereocenters. The van der Waals surface area contributed by atoms with Crippen molar-refractivity contribution in [1.82, 2.24) is 10.2 Å². The number of terminal acetylenes is 1. The summed E-state index contributed by atoms with van der Waals surface area (Å²) in [5.41, 5.74) is 0. The lowest BCUT2D eigenvalue weighted by Gasteiger charge is -2.29. The summed E-state index contributed by atoms with van der Waals surface area (Å²) in [6, 6.07) is -0.302. The maximum Gasteiger partial charge on any atom is 0.243 e. The quantitative estimate of drug-likeness (QED) is 0.506. The predicted octanol–water partition coefficient (Wildman–Crippen LogP) is -1.03. The molecular weight excluding hydrogens is 156 g/mol. The number of nitrogens with one attached hydrogen (secondary N) is 1. The van der Waals surface area contributed by atoms with E-state index in [1.807, 2.05) is 0 Å². The van der Waals surface area contributed by atoms with Crippen molar-refractivity contribution in [2.75, 3.05) is 13.1 Å². The Morgan fingerprint density at radius 3 is 2.92 bits per heavy atom. The Hall–Kier alpha value is -1.50. The first-order valence-corrected chi connectivity index (χ1v) is 3.67. The van der Waals surface area contributed by atoms with Gasteiger partial charge < -0.3 is 10.2 Å². The minimum absolute atomic E-state index is 0.0604. The number of rotatable bonds is 1. The molecule has 4 nitrogen and oxygen atoms in total. The molecule has 12 heavy (non-hydrogen) atoms. The first kappa shape index (κ1) is 8.60. The largest absolute Gasteiger partial charge is 0.345 e. The van der Waals surface area contributed by atoms with Gasteiger partial charge in [-0.3, -0.25) is 9.59 Å². The summed E-state index contributed by atoms with van der Waals surface area (Å²) >= 11 is 0. The molecule has 1 aliphatic rings. The molecule has 1 unspecified atom stereocenters. The number of hydrogen-bond donors (Lipinski definition) is 1. The maximum absolute atomic E-state index is 11.2. The third-order valence-electron chi connectivity index (χ3n) is 1.78. The van der Waals surface area contributed by atoms with Crippen LogP contribution in [0, 0.1) is 12.3 Å². The summed E-state index contributed by atoms with van der Waals surface area (Å²) in [4.78, 5) is 23.4. The Morgan fingerprint density at radius 1 is 1.67 bits per heavy atom. The van der Waals surface area contributed by atoms with Gasteiger partial charge in [0.15, 0.2) is 0 Å². The van der Waals surface area contributed by atoms with Crippen LogP contribution in [0.1, 0.15) is 6.92 Å². The molecule has 0 aromatic rings. The number of piperazine rings is 1. The first-order chi connectivity index (χ1) is 5.65. The Bertz CT molecular complexity index is 254. The van der Waals surface area contributed by atoms with Crippen molar-refractivity contribution in [3.8, 4) is 12.3 Å². The van der Waals surface area contributed by atoms with Gasteiger partial charge in [0.05, 0.1) is 12.6 Å². The molecule has 2 amide bonds. The summed E-state index contributed by atoms with van der Waals surface area (Å²) in [5.74, 6) is 2.13. The standard InChI is InChI=1S/C8H10N2O2/c1-3-6(2)10-5-7(11)9-4-8(10)12/h1,6H,4-5H2,2H3,(H,9,11). The molecule has 0 bridgehead atoms. The second-order valence-corrected chi connectivity index (χ2v) is 2.64. The van der Waals surface area contributed by atoms with Gasteiger partial charge in [0.25, 0.3) is 0 Å². The Labute approximate surface area is 70.9 Å². The van der Waals surface area contributed by atoms with Crippen LogP contribution in [-0.2, 0) is 9.59 Å². The zero-order valence-electron chi connectivity index (χ0n) is 6.83. The SMILES string of the molecule is C#CC(C)N1CC(=O)NCC1=O. The van der Waals surface area contributed by atoms with Gasteiger partial charge in [-0.2, -0.15) is 0 Å². The van der Waals surface area contributed by atoms with Gasteiger partial charge >= 0.3 is 0 Å². The van der Waals surface area contributed by atoms with E-state index in [9.17, 15) is 9.59 Å². The summed E-state index contributed by atoms with van der Waals surface area (Å²) < 4.78 is 0. The predicted molar refractivity (Wildman–Crippen MR) is 43.0 cm³/mol. The fourth-order valence-corrected chi connectivity index (χ4v) is 1.02. The van der Waals surface area contributed by atoms with Crippen molar-refractivity contribution in [3.63, 3.8) is 0 Å². The monoisotopic (exact) mass is 166 g/mol. The number of nitrogens with zero attached hydrogens (tertiary/aromatic N) is 1. The van der Waals surface area contributed by atoms with Gasteiger partial charge in [-0.05, 0) is 6.92 Å².